The number of piperidine rings is 2. The van der Waals surface area contributed by atoms with E-state index in [0.717, 1.165) is 49.4 Å². The van der Waals surface area contributed by atoms with Crippen LogP contribution in [0, 0.1) is 0 Å². The summed E-state index contributed by atoms with van der Waals surface area (Å²) in [4.78, 5) is 14.4. The zero-order valence-corrected chi connectivity index (χ0v) is 14.9. The van der Waals surface area contributed by atoms with E-state index in [4.69, 9.17) is 16.3 Å². The van der Waals surface area contributed by atoms with Gasteiger partial charge in [0.25, 0.3) is 0 Å². The van der Waals surface area contributed by atoms with Crippen LogP contribution in [0.1, 0.15) is 31.2 Å². The van der Waals surface area contributed by atoms with Crippen molar-refractivity contribution in [3.8, 4) is 0 Å². The number of hydrogen-bond donors (Lipinski definition) is 2. The van der Waals surface area contributed by atoms with Gasteiger partial charge < -0.3 is 20.3 Å². The first kappa shape index (κ1) is 17.5. The van der Waals surface area contributed by atoms with Crippen LogP contribution in [0.4, 0.5) is 4.79 Å². The third-order valence-electron chi connectivity index (χ3n) is 5.29. The highest BCUT2D eigenvalue weighted by Crippen LogP contribution is 2.36. The monoisotopic (exact) mass is 351 g/mol. The van der Waals surface area contributed by atoms with Crippen LogP contribution in [-0.4, -0.2) is 50.3 Å². The van der Waals surface area contributed by atoms with Crippen molar-refractivity contribution in [1.29, 1.82) is 0 Å². The molecule has 0 spiro atoms. The number of likely N-dealkylation sites (tertiary alicyclic amines) is 1. The standard InChI is InChI=1S/C18H26ClN3O2/c1-24-18(14-2-4-15(19)5-3-14)8-12-22(13-9-18)17(23)21-16-6-10-20-11-7-16/h2-5,16,20H,6-13H2,1H3,(H,21,23). The highest BCUT2D eigenvalue weighted by Gasteiger charge is 2.37. The van der Waals surface area contributed by atoms with E-state index >= 15 is 0 Å². The van der Waals surface area contributed by atoms with Crippen LogP contribution in [0.3, 0.4) is 0 Å². The van der Waals surface area contributed by atoms with Crippen LogP contribution in [0.5, 0.6) is 0 Å². The Balaban J connectivity index is 1.59. The fraction of sp³-hybridized carbons (Fsp3) is 0.611. The van der Waals surface area contributed by atoms with Crippen molar-refractivity contribution in [1.82, 2.24) is 15.5 Å². The zero-order chi connectivity index (χ0) is 17.0. The van der Waals surface area contributed by atoms with E-state index in [2.05, 4.69) is 10.6 Å². The molecule has 132 valence electrons. The van der Waals surface area contributed by atoms with Gasteiger partial charge in [-0.3, -0.25) is 0 Å². The average molecular weight is 352 g/mol. The first-order chi connectivity index (χ1) is 11.6. The number of nitrogens with zero attached hydrogens (tertiary/aromatic N) is 1. The topological polar surface area (TPSA) is 53.6 Å². The van der Waals surface area contributed by atoms with E-state index in [-0.39, 0.29) is 11.6 Å². The zero-order valence-electron chi connectivity index (χ0n) is 14.2. The van der Waals surface area contributed by atoms with Crippen molar-refractivity contribution in [3.63, 3.8) is 0 Å². The molecule has 2 heterocycles. The molecule has 2 fully saturated rings. The van der Waals surface area contributed by atoms with E-state index in [1.165, 1.54) is 0 Å². The molecule has 0 aliphatic carbocycles. The summed E-state index contributed by atoms with van der Waals surface area (Å²) in [6.45, 7) is 3.36. The molecular weight excluding hydrogens is 326 g/mol. The van der Waals surface area contributed by atoms with Crippen molar-refractivity contribution in [2.45, 2.75) is 37.3 Å². The minimum absolute atomic E-state index is 0.0581. The van der Waals surface area contributed by atoms with Gasteiger partial charge in [-0.2, -0.15) is 0 Å². The molecule has 2 amide bonds. The molecule has 6 heteroatoms. The predicted octanol–water partition coefficient (Wildman–Crippen LogP) is 2.74. The van der Waals surface area contributed by atoms with E-state index < -0.39 is 0 Å². The van der Waals surface area contributed by atoms with Crippen molar-refractivity contribution in [2.24, 2.45) is 0 Å². The van der Waals surface area contributed by atoms with E-state index in [9.17, 15) is 4.79 Å². The van der Waals surface area contributed by atoms with Crippen molar-refractivity contribution in [2.75, 3.05) is 33.3 Å². The smallest absolute Gasteiger partial charge is 0.317 e. The van der Waals surface area contributed by atoms with Crippen LogP contribution in [-0.2, 0) is 10.3 Å². The fourth-order valence-electron chi connectivity index (χ4n) is 3.67. The Kier molecular flexibility index (Phi) is 5.64. The molecule has 5 nitrogen and oxygen atoms in total. The largest absolute Gasteiger partial charge is 0.373 e. The number of hydrogen-bond acceptors (Lipinski definition) is 3. The summed E-state index contributed by atoms with van der Waals surface area (Å²) < 4.78 is 5.87. The Morgan fingerprint density at radius 1 is 1.25 bits per heavy atom. The van der Waals surface area contributed by atoms with Gasteiger partial charge in [0.05, 0.1) is 5.60 Å². The van der Waals surface area contributed by atoms with Crippen molar-refractivity contribution < 1.29 is 9.53 Å². The molecule has 1 aromatic rings. The van der Waals surface area contributed by atoms with Gasteiger partial charge in [-0.05, 0) is 56.5 Å². The summed E-state index contributed by atoms with van der Waals surface area (Å²) in [5.74, 6) is 0. The van der Waals surface area contributed by atoms with Crippen LogP contribution >= 0.6 is 11.6 Å². The minimum atomic E-state index is -0.323. The van der Waals surface area contributed by atoms with Crippen LogP contribution < -0.4 is 10.6 Å². The van der Waals surface area contributed by atoms with Gasteiger partial charge in [0.15, 0.2) is 0 Å². The van der Waals surface area contributed by atoms with Crippen LogP contribution in [0.15, 0.2) is 24.3 Å². The lowest BCUT2D eigenvalue weighted by atomic mass is 9.84. The maximum Gasteiger partial charge on any atom is 0.317 e. The Morgan fingerprint density at radius 2 is 1.88 bits per heavy atom. The van der Waals surface area contributed by atoms with Gasteiger partial charge in [-0.25, -0.2) is 4.79 Å². The molecule has 0 saturated carbocycles. The van der Waals surface area contributed by atoms with Crippen molar-refractivity contribution in [3.05, 3.63) is 34.9 Å². The molecule has 0 radical (unpaired) electrons. The van der Waals surface area contributed by atoms with E-state index in [0.29, 0.717) is 19.1 Å². The molecular formula is C18H26ClN3O2. The van der Waals surface area contributed by atoms with E-state index in [1.807, 2.05) is 29.2 Å². The lowest BCUT2D eigenvalue weighted by Crippen LogP contribution is -2.52. The Labute approximate surface area is 148 Å². The van der Waals surface area contributed by atoms with Crippen LogP contribution in [0.25, 0.3) is 0 Å². The molecule has 0 bridgehead atoms. The summed E-state index contributed by atoms with van der Waals surface area (Å²) in [5.41, 5.74) is 0.809. The normalized spacial score (nSPS) is 21.5. The molecule has 2 saturated heterocycles. The third-order valence-corrected chi connectivity index (χ3v) is 5.54. The summed E-state index contributed by atoms with van der Waals surface area (Å²) in [6.07, 6.45) is 3.61. The van der Waals surface area contributed by atoms with Gasteiger partial charge in [-0.15, -0.1) is 0 Å². The Hall–Kier alpha value is -1.30. The fourth-order valence-corrected chi connectivity index (χ4v) is 3.79. The molecule has 1 aromatic carbocycles. The summed E-state index contributed by atoms with van der Waals surface area (Å²) in [7, 11) is 1.75. The second-order valence-corrected chi connectivity index (χ2v) is 7.10. The van der Waals surface area contributed by atoms with Crippen LogP contribution in [0.2, 0.25) is 5.02 Å². The number of methoxy groups -OCH3 is 1. The van der Waals surface area contributed by atoms with E-state index in [1.54, 1.807) is 7.11 Å². The maximum absolute atomic E-state index is 12.5. The van der Waals surface area contributed by atoms with Gasteiger partial charge in [0, 0.05) is 31.3 Å². The molecule has 2 aliphatic rings. The summed E-state index contributed by atoms with van der Waals surface area (Å²) >= 11 is 5.99. The van der Waals surface area contributed by atoms with Gasteiger partial charge >= 0.3 is 6.03 Å². The second kappa shape index (κ2) is 7.72. The molecule has 3 rings (SSSR count). The lowest BCUT2D eigenvalue weighted by Gasteiger charge is -2.41. The van der Waals surface area contributed by atoms with Gasteiger partial charge in [0.1, 0.15) is 0 Å². The molecule has 0 unspecified atom stereocenters. The molecule has 2 aliphatic heterocycles. The number of ether oxygens (including phenoxy) is 1. The quantitative estimate of drug-likeness (QED) is 0.880. The number of halogens is 1. The number of urea groups is 1. The molecule has 2 N–H and O–H groups in total. The maximum atomic E-state index is 12.5. The summed E-state index contributed by atoms with van der Waals surface area (Å²) in [6, 6.07) is 8.20. The number of carbonyl (C=O) groups is 1. The molecule has 24 heavy (non-hydrogen) atoms. The number of amides is 2. The first-order valence-electron chi connectivity index (χ1n) is 8.70. The van der Waals surface area contributed by atoms with Crippen molar-refractivity contribution >= 4 is 17.6 Å². The number of rotatable bonds is 3. The first-order valence-corrected chi connectivity index (χ1v) is 9.08. The Bertz CT molecular complexity index is 550. The second-order valence-electron chi connectivity index (χ2n) is 6.67. The number of carbonyl (C=O) groups excluding carboxylic acids is 1. The molecule has 0 atom stereocenters. The van der Waals surface area contributed by atoms with Gasteiger partial charge in [0.2, 0.25) is 0 Å². The predicted molar refractivity (Wildman–Crippen MR) is 95.4 cm³/mol. The Morgan fingerprint density at radius 3 is 2.46 bits per heavy atom. The SMILES string of the molecule is COC1(c2ccc(Cl)cc2)CCN(C(=O)NC2CCNCC2)CC1. The third kappa shape index (κ3) is 3.85. The highest BCUT2D eigenvalue weighted by atomic mass is 35.5. The molecule has 0 aromatic heterocycles. The minimum Gasteiger partial charge on any atom is -0.373 e. The van der Waals surface area contributed by atoms with Gasteiger partial charge in [-0.1, -0.05) is 23.7 Å². The lowest BCUT2D eigenvalue weighted by molar-refractivity contribution is -0.0556. The number of benzene rings is 1. The highest BCUT2D eigenvalue weighted by molar-refractivity contribution is 6.30. The summed E-state index contributed by atoms with van der Waals surface area (Å²) in [5, 5.41) is 7.21. The number of nitrogens with one attached hydrogen (secondary N) is 2. The average Bonchev–Trinajstić information content (AvgIpc) is 2.63.